The summed E-state index contributed by atoms with van der Waals surface area (Å²) in [7, 11) is 0. The van der Waals surface area contributed by atoms with Crippen LogP contribution in [0.4, 0.5) is 5.69 Å². The van der Waals surface area contributed by atoms with Crippen molar-refractivity contribution < 1.29 is 9.59 Å². The number of thioether (sulfide) groups is 1. The van der Waals surface area contributed by atoms with Crippen LogP contribution in [0.3, 0.4) is 0 Å². The average molecular weight is 401 g/mol. The first-order valence-corrected chi connectivity index (χ1v) is 9.63. The van der Waals surface area contributed by atoms with Gasteiger partial charge in [-0.05, 0) is 29.8 Å². The second-order valence-electron chi connectivity index (χ2n) is 6.03. The number of amides is 2. The number of hydrogen-bond donors (Lipinski definition) is 1. The topological polar surface area (TPSA) is 86.1 Å². The molecule has 2 heterocycles. The number of aromatic nitrogens is 1. The number of benzene rings is 1. The molecule has 2 amide bonds. The highest BCUT2D eigenvalue weighted by Crippen LogP contribution is 2.38. The molecule has 1 unspecified atom stereocenters. The van der Waals surface area contributed by atoms with Gasteiger partial charge in [-0.15, -0.1) is 11.8 Å². The number of carbonyl (C=O) groups is 2. The fourth-order valence-electron chi connectivity index (χ4n) is 2.73. The molecule has 1 N–H and O–H groups in total. The van der Waals surface area contributed by atoms with E-state index < -0.39 is 5.25 Å². The molecule has 0 saturated carbocycles. The van der Waals surface area contributed by atoms with E-state index in [0.717, 1.165) is 10.5 Å². The highest BCUT2D eigenvalue weighted by Gasteiger charge is 2.30. The summed E-state index contributed by atoms with van der Waals surface area (Å²) < 4.78 is 0. The third-order valence-corrected chi connectivity index (χ3v) is 5.57. The molecule has 1 aliphatic heterocycles. The van der Waals surface area contributed by atoms with Crippen molar-refractivity contribution in [3.05, 3.63) is 53.3 Å². The highest BCUT2D eigenvalue weighted by molar-refractivity contribution is 8.01. The summed E-state index contributed by atoms with van der Waals surface area (Å²) in [6, 6.07) is 11.0. The van der Waals surface area contributed by atoms with Gasteiger partial charge in [0.2, 0.25) is 11.8 Å². The maximum Gasteiger partial charge on any atom is 0.238 e. The van der Waals surface area contributed by atoms with Crippen LogP contribution >= 0.6 is 23.4 Å². The Morgan fingerprint density at radius 3 is 3.00 bits per heavy atom. The monoisotopic (exact) mass is 400 g/mol. The Labute approximate surface area is 166 Å². The number of pyridine rings is 1. The van der Waals surface area contributed by atoms with Crippen LogP contribution in [-0.4, -0.2) is 33.5 Å². The van der Waals surface area contributed by atoms with Gasteiger partial charge in [0.1, 0.15) is 0 Å². The third kappa shape index (κ3) is 5.00. The summed E-state index contributed by atoms with van der Waals surface area (Å²) in [5.41, 5.74) is 1.54. The lowest BCUT2D eigenvalue weighted by Crippen LogP contribution is -2.37. The largest absolute Gasteiger partial charge is 0.337 e. The number of rotatable bonds is 6. The maximum atomic E-state index is 12.8. The molecular weight excluding hydrogens is 384 g/mol. The number of carbonyl (C=O) groups excluding carboxylic acids is 2. The molecule has 1 aromatic heterocycles. The number of nitrogens with zero attached hydrogens (tertiary/aromatic N) is 3. The van der Waals surface area contributed by atoms with Gasteiger partial charge in [-0.1, -0.05) is 17.7 Å². The molecule has 0 saturated heterocycles. The molecule has 0 spiro atoms. The predicted molar refractivity (Wildman–Crippen MR) is 104 cm³/mol. The molecule has 2 aromatic rings. The fourth-order valence-corrected chi connectivity index (χ4v) is 3.99. The summed E-state index contributed by atoms with van der Waals surface area (Å²) in [6.07, 6.45) is 3.65. The number of nitriles is 1. The quantitative estimate of drug-likeness (QED) is 0.802. The van der Waals surface area contributed by atoms with E-state index in [0.29, 0.717) is 23.8 Å². The maximum absolute atomic E-state index is 12.8. The van der Waals surface area contributed by atoms with Crippen LogP contribution in [-0.2, 0) is 16.1 Å². The molecule has 0 fully saturated rings. The molecule has 0 radical (unpaired) electrons. The Morgan fingerprint density at radius 1 is 1.41 bits per heavy atom. The van der Waals surface area contributed by atoms with E-state index in [-0.39, 0.29) is 24.7 Å². The van der Waals surface area contributed by atoms with E-state index in [1.165, 1.54) is 11.8 Å². The number of halogens is 1. The first-order chi connectivity index (χ1) is 13.1. The summed E-state index contributed by atoms with van der Waals surface area (Å²) >= 11 is 7.31. The van der Waals surface area contributed by atoms with Gasteiger partial charge < -0.3 is 10.2 Å². The van der Waals surface area contributed by atoms with Crippen LogP contribution in [0.25, 0.3) is 0 Å². The van der Waals surface area contributed by atoms with E-state index in [1.54, 1.807) is 35.5 Å². The summed E-state index contributed by atoms with van der Waals surface area (Å²) in [6.45, 7) is 0.676. The lowest BCUT2D eigenvalue weighted by Gasteiger charge is -2.27. The molecule has 6 nitrogen and oxygen atoms in total. The van der Waals surface area contributed by atoms with Gasteiger partial charge in [0.05, 0.1) is 23.4 Å². The first-order valence-electron chi connectivity index (χ1n) is 8.37. The molecule has 0 bridgehead atoms. The molecule has 1 atom stereocenters. The molecule has 0 aliphatic carbocycles. The third-order valence-electron chi connectivity index (χ3n) is 4.06. The van der Waals surface area contributed by atoms with E-state index >= 15 is 0 Å². The average Bonchev–Trinajstić information content (AvgIpc) is 2.66. The summed E-state index contributed by atoms with van der Waals surface area (Å²) in [5.74, 6) is -0.385. The van der Waals surface area contributed by atoms with Crippen molar-refractivity contribution in [2.75, 3.05) is 11.9 Å². The molecule has 1 aliphatic rings. The zero-order chi connectivity index (χ0) is 19.2. The van der Waals surface area contributed by atoms with Crippen molar-refractivity contribution in [2.45, 2.75) is 29.5 Å². The van der Waals surface area contributed by atoms with Crippen LogP contribution in [0, 0.1) is 11.3 Å². The van der Waals surface area contributed by atoms with E-state index in [4.69, 9.17) is 16.9 Å². The number of anilines is 1. The van der Waals surface area contributed by atoms with E-state index in [1.807, 2.05) is 12.1 Å². The summed E-state index contributed by atoms with van der Waals surface area (Å²) in [4.78, 5) is 31.7. The minimum absolute atomic E-state index is 0.0598. The van der Waals surface area contributed by atoms with Crippen molar-refractivity contribution in [1.29, 1.82) is 5.26 Å². The Bertz CT molecular complexity index is 885. The lowest BCUT2D eigenvalue weighted by atomic mass is 10.2. The van der Waals surface area contributed by atoms with Gasteiger partial charge in [-0.2, -0.15) is 5.26 Å². The second kappa shape index (κ2) is 8.89. The fraction of sp³-hybridized carbons (Fsp3) is 0.263. The number of hydrogen-bond acceptors (Lipinski definition) is 5. The standard InChI is InChI=1S/C19H17ClN4O2S/c20-14-4-5-16-15(9-14)23-19(26)17(27-16)10-18(25)24(8-2-6-21)12-13-3-1-7-22-11-13/h1,3-5,7,9,11,17H,2,8,10,12H2,(H,23,26). The van der Waals surface area contributed by atoms with Gasteiger partial charge in [-0.25, -0.2) is 0 Å². The highest BCUT2D eigenvalue weighted by atomic mass is 35.5. The van der Waals surface area contributed by atoms with Crippen molar-refractivity contribution in [2.24, 2.45) is 0 Å². The molecular formula is C19H17ClN4O2S. The van der Waals surface area contributed by atoms with Crippen LogP contribution < -0.4 is 5.32 Å². The minimum atomic E-state index is -0.523. The molecule has 8 heteroatoms. The Hall–Kier alpha value is -2.56. The number of nitrogens with one attached hydrogen (secondary N) is 1. The summed E-state index contributed by atoms with van der Waals surface area (Å²) in [5, 5.41) is 11.7. The van der Waals surface area contributed by atoms with Crippen LogP contribution in [0.15, 0.2) is 47.6 Å². The van der Waals surface area contributed by atoms with E-state index in [9.17, 15) is 9.59 Å². The molecule has 3 rings (SSSR count). The van der Waals surface area contributed by atoms with Crippen LogP contribution in [0.2, 0.25) is 5.02 Å². The van der Waals surface area contributed by atoms with Gasteiger partial charge >= 0.3 is 0 Å². The van der Waals surface area contributed by atoms with Crippen molar-refractivity contribution in [3.8, 4) is 6.07 Å². The number of fused-ring (bicyclic) bond motifs is 1. The molecule has 27 heavy (non-hydrogen) atoms. The Kier molecular flexibility index (Phi) is 6.32. The van der Waals surface area contributed by atoms with Crippen LogP contribution in [0.5, 0.6) is 0 Å². The van der Waals surface area contributed by atoms with Gasteiger partial charge in [0.25, 0.3) is 0 Å². The van der Waals surface area contributed by atoms with Crippen LogP contribution in [0.1, 0.15) is 18.4 Å². The van der Waals surface area contributed by atoms with Gasteiger partial charge in [0, 0.05) is 41.8 Å². The smallest absolute Gasteiger partial charge is 0.238 e. The van der Waals surface area contributed by atoms with Gasteiger partial charge in [-0.3, -0.25) is 14.6 Å². The van der Waals surface area contributed by atoms with Crippen molar-refractivity contribution in [3.63, 3.8) is 0 Å². The van der Waals surface area contributed by atoms with Crippen molar-refractivity contribution >= 4 is 40.9 Å². The zero-order valence-electron chi connectivity index (χ0n) is 14.4. The molecule has 138 valence electrons. The lowest BCUT2D eigenvalue weighted by molar-refractivity contribution is -0.133. The Balaban J connectivity index is 1.70. The Morgan fingerprint density at radius 2 is 2.26 bits per heavy atom. The first kappa shape index (κ1) is 19.2. The van der Waals surface area contributed by atoms with Crippen molar-refractivity contribution in [1.82, 2.24) is 9.88 Å². The molecule has 1 aromatic carbocycles. The second-order valence-corrected chi connectivity index (χ2v) is 7.71. The normalized spacial score (nSPS) is 15.4. The SMILES string of the molecule is N#CCCN(Cc1cccnc1)C(=O)CC1Sc2ccc(Cl)cc2NC1=O. The minimum Gasteiger partial charge on any atom is -0.337 e. The zero-order valence-corrected chi connectivity index (χ0v) is 16.0. The predicted octanol–water partition coefficient (Wildman–Crippen LogP) is 3.48. The van der Waals surface area contributed by atoms with E-state index in [2.05, 4.69) is 16.4 Å². The van der Waals surface area contributed by atoms with Gasteiger partial charge in [0.15, 0.2) is 0 Å².